The van der Waals surface area contributed by atoms with Crippen LogP contribution in [0.2, 0.25) is 0 Å². The summed E-state index contributed by atoms with van der Waals surface area (Å²) in [5.41, 5.74) is 1.77. The predicted molar refractivity (Wildman–Crippen MR) is 115 cm³/mol. The van der Waals surface area contributed by atoms with Gasteiger partial charge < -0.3 is 15.1 Å². The van der Waals surface area contributed by atoms with E-state index in [1.807, 2.05) is 67.6 Å². The first-order valence-corrected chi connectivity index (χ1v) is 10.1. The Morgan fingerprint density at radius 2 is 1.83 bits per heavy atom. The molecule has 0 aliphatic carbocycles. The van der Waals surface area contributed by atoms with E-state index in [1.165, 1.54) is 11.8 Å². The van der Waals surface area contributed by atoms with Gasteiger partial charge in [-0.05, 0) is 43.3 Å². The first-order valence-electron chi connectivity index (χ1n) is 9.24. The maximum Gasteiger partial charge on any atom is 0.233 e. The number of benzene rings is 2. The molecule has 4 aromatic rings. The number of anilines is 2. The zero-order chi connectivity index (χ0) is 20.1. The zero-order valence-electron chi connectivity index (χ0n) is 15.8. The number of amides is 1. The third-order valence-corrected chi connectivity index (χ3v) is 5.25. The molecule has 146 valence electrons. The summed E-state index contributed by atoms with van der Waals surface area (Å²) in [6.07, 6.45) is 1.59. The summed E-state index contributed by atoms with van der Waals surface area (Å²) in [5, 5.41) is 7.35. The molecule has 1 amide bonds. The predicted octanol–water partition coefficient (Wildman–Crippen LogP) is 4.76. The van der Waals surface area contributed by atoms with Crippen molar-refractivity contribution in [2.24, 2.45) is 0 Å². The van der Waals surface area contributed by atoms with Crippen LogP contribution in [0.1, 0.15) is 12.7 Å². The van der Waals surface area contributed by atoms with Gasteiger partial charge >= 0.3 is 0 Å². The van der Waals surface area contributed by atoms with E-state index in [-0.39, 0.29) is 11.2 Å². The number of furan rings is 1. The van der Waals surface area contributed by atoms with Crippen molar-refractivity contribution in [3.8, 4) is 0 Å². The Kier molecular flexibility index (Phi) is 5.76. The van der Waals surface area contributed by atoms with Crippen LogP contribution < -0.4 is 10.6 Å². The van der Waals surface area contributed by atoms with Crippen molar-refractivity contribution in [3.63, 3.8) is 0 Å². The van der Waals surface area contributed by atoms with Gasteiger partial charge in [-0.3, -0.25) is 4.79 Å². The largest absolute Gasteiger partial charge is 0.467 e. The number of nitrogens with one attached hydrogen (secondary N) is 2. The molecule has 0 saturated carbocycles. The number of nitrogens with zero attached hydrogens (tertiary/aromatic N) is 2. The SMILES string of the molecule is CC(Sc1nc(Nc2ccccc2)c2ccccc2n1)C(=O)NCc1ccco1. The number of fused-ring (bicyclic) bond motifs is 1. The summed E-state index contributed by atoms with van der Waals surface area (Å²) in [7, 11) is 0. The second-order valence-electron chi connectivity index (χ2n) is 6.42. The second kappa shape index (κ2) is 8.79. The molecule has 7 heteroatoms. The third-order valence-electron chi connectivity index (χ3n) is 4.29. The lowest BCUT2D eigenvalue weighted by Crippen LogP contribution is -2.30. The van der Waals surface area contributed by atoms with Crippen LogP contribution in [0.3, 0.4) is 0 Å². The molecule has 29 heavy (non-hydrogen) atoms. The Morgan fingerprint density at radius 1 is 1.03 bits per heavy atom. The first-order chi connectivity index (χ1) is 14.2. The summed E-state index contributed by atoms with van der Waals surface area (Å²) < 4.78 is 5.25. The van der Waals surface area contributed by atoms with Crippen molar-refractivity contribution in [3.05, 3.63) is 78.8 Å². The van der Waals surface area contributed by atoms with Crippen molar-refractivity contribution < 1.29 is 9.21 Å². The molecule has 0 radical (unpaired) electrons. The number of carbonyl (C=O) groups is 1. The van der Waals surface area contributed by atoms with Gasteiger partial charge in [-0.25, -0.2) is 9.97 Å². The highest BCUT2D eigenvalue weighted by atomic mass is 32.2. The lowest BCUT2D eigenvalue weighted by molar-refractivity contribution is -0.120. The number of thioether (sulfide) groups is 1. The zero-order valence-corrected chi connectivity index (χ0v) is 16.6. The van der Waals surface area contributed by atoms with Crippen molar-refractivity contribution in [1.82, 2.24) is 15.3 Å². The maximum absolute atomic E-state index is 12.4. The molecule has 6 nitrogen and oxygen atoms in total. The van der Waals surface area contributed by atoms with Crippen molar-refractivity contribution in [2.75, 3.05) is 5.32 Å². The van der Waals surface area contributed by atoms with Gasteiger partial charge in [0.15, 0.2) is 5.16 Å². The first kappa shape index (κ1) is 19.0. The average Bonchev–Trinajstić information content (AvgIpc) is 3.26. The monoisotopic (exact) mass is 404 g/mol. The lowest BCUT2D eigenvalue weighted by Gasteiger charge is -2.13. The molecule has 0 fully saturated rings. The van der Waals surface area contributed by atoms with Crippen LogP contribution in [0.25, 0.3) is 10.9 Å². The highest BCUT2D eigenvalue weighted by Crippen LogP contribution is 2.28. The summed E-state index contributed by atoms with van der Waals surface area (Å²) in [5.74, 6) is 1.33. The Bertz CT molecular complexity index is 1100. The van der Waals surface area contributed by atoms with Crippen molar-refractivity contribution in [1.29, 1.82) is 0 Å². The Labute approximate surface area is 172 Å². The molecule has 2 heterocycles. The van der Waals surface area contributed by atoms with E-state index in [9.17, 15) is 4.79 Å². The van der Waals surface area contributed by atoms with Crippen LogP contribution in [-0.4, -0.2) is 21.1 Å². The molecular formula is C22H20N4O2S. The van der Waals surface area contributed by atoms with E-state index in [2.05, 4.69) is 20.6 Å². The highest BCUT2D eigenvalue weighted by molar-refractivity contribution is 8.00. The molecule has 0 saturated heterocycles. The van der Waals surface area contributed by atoms with E-state index < -0.39 is 0 Å². The molecular weight excluding hydrogens is 384 g/mol. The third kappa shape index (κ3) is 4.75. The van der Waals surface area contributed by atoms with Gasteiger partial charge in [-0.1, -0.05) is 42.1 Å². The Morgan fingerprint density at radius 3 is 2.62 bits per heavy atom. The minimum absolute atomic E-state index is 0.0965. The van der Waals surface area contributed by atoms with E-state index >= 15 is 0 Å². The fraction of sp³-hybridized carbons (Fsp3) is 0.136. The minimum Gasteiger partial charge on any atom is -0.467 e. The average molecular weight is 404 g/mol. The maximum atomic E-state index is 12.4. The van der Waals surface area contributed by atoms with Crippen LogP contribution in [0.4, 0.5) is 11.5 Å². The summed E-state index contributed by atoms with van der Waals surface area (Å²) in [4.78, 5) is 21.7. The van der Waals surface area contributed by atoms with Crippen LogP contribution in [0, 0.1) is 0 Å². The smallest absolute Gasteiger partial charge is 0.233 e. The molecule has 0 aliphatic rings. The highest BCUT2D eigenvalue weighted by Gasteiger charge is 2.18. The standard InChI is InChI=1S/C22H20N4O2S/c1-15(21(27)23-14-17-10-7-13-28-17)29-22-25-19-12-6-5-11-18(19)20(26-22)24-16-8-3-2-4-9-16/h2-13,15H,14H2,1H3,(H,23,27)(H,24,25,26). The summed E-state index contributed by atoms with van der Waals surface area (Å²) in [6.45, 7) is 2.20. The van der Waals surface area contributed by atoms with Crippen LogP contribution in [0.5, 0.6) is 0 Å². The Hall–Kier alpha value is -3.32. The number of hydrogen-bond acceptors (Lipinski definition) is 6. The minimum atomic E-state index is -0.351. The molecule has 0 bridgehead atoms. The molecule has 4 rings (SSSR count). The Balaban J connectivity index is 1.53. The number of aromatic nitrogens is 2. The molecule has 2 aromatic heterocycles. The number of hydrogen-bond donors (Lipinski definition) is 2. The van der Waals surface area contributed by atoms with Gasteiger partial charge in [-0.2, -0.15) is 0 Å². The van der Waals surface area contributed by atoms with Crippen LogP contribution in [-0.2, 0) is 11.3 Å². The van der Waals surface area contributed by atoms with E-state index in [1.54, 1.807) is 12.3 Å². The number of rotatable bonds is 7. The number of para-hydroxylation sites is 2. The normalized spacial score (nSPS) is 11.9. The topological polar surface area (TPSA) is 80.0 Å². The molecule has 1 unspecified atom stereocenters. The second-order valence-corrected chi connectivity index (χ2v) is 7.73. The van der Waals surface area contributed by atoms with E-state index in [0.29, 0.717) is 23.3 Å². The quantitative estimate of drug-likeness (QED) is 0.341. The lowest BCUT2D eigenvalue weighted by atomic mass is 10.2. The molecule has 2 aromatic carbocycles. The van der Waals surface area contributed by atoms with Gasteiger partial charge in [-0.15, -0.1) is 0 Å². The van der Waals surface area contributed by atoms with Gasteiger partial charge in [0.05, 0.1) is 23.6 Å². The van der Waals surface area contributed by atoms with E-state index in [4.69, 9.17) is 4.42 Å². The van der Waals surface area contributed by atoms with Crippen LogP contribution in [0.15, 0.2) is 82.6 Å². The van der Waals surface area contributed by atoms with E-state index in [0.717, 1.165) is 16.6 Å². The van der Waals surface area contributed by atoms with Crippen LogP contribution >= 0.6 is 11.8 Å². The van der Waals surface area contributed by atoms with Gasteiger partial charge in [0.25, 0.3) is 0 Å². The fourth-order valence-corrected chi connectivity index (χ4v) is 3.61. The van der Waals surface area contributed by atoms with Gasteiger partial charge in [0.1, 0.15) is 11.6 Å². The summed E-state index contributed by atoms with van der Waals surface area (Å²) in [6, 6.07) is 21.3. The number of carbonyl (C=O) groups excluding carboxylic acids is 1. The molecule has 2 N–H and O–H groups in total. The van der Waals surface area contributed by atoms with Gasteiger partial charge in [0, 0.05) is 11.1 Å². The molecule has 0 spiro atoms. The fourth-order valence-electron chi connectivity index (χ4n) is 2.80. The summed E-state index contributed by atoms with van der Waals surface area (Å²) >= 11 is 1.32. The van der Waals surface area contributed by atoms with Gasteiger partial charge in [0.2, 0.25) is 5.91 Å². The van der Waals surface area contributed by atoms with Crippen molar-refractivity contribution in [2.45, 2.75) is 23.9 Å². The molecule has 1 atom stereocenters. The van der Waals surface area contributed by atoms with Crippen molar-refractivity contribution >= 4 is 40.1 Å². The molecule has 0 aliphatic heterocycles.